The number of nitrogens with zero attached hydrogens (tertiary/aromatic N) is 2. The SMILES string of the molecule is CCN(CC)c1ccc(CNC(=O)CN(c2ccc(C(C)C)cc2)S(C)(=O)=O)cc1. The van der Waals surface area contributed by atoms with Gasteiger partial charge in [0.2, 0.25) is 15.9 Å². The smallest absolute Gasteiger partial charge is 0.241 e. The maximum Gasteiger partial charge on any atom is 0.241 e. The molecule has 0 atom stereocenters. The molecule has 30 heavy (non-hydrogen) atoms. The van der Waals surface area contributed by atoms with Crippen molar-refractivity contribution >= 4 is 27.3 Å². The molecule has 0 aliphatic rings. The zero-order chi connectivity index (χ0) is 22.3. The van der Waals surface area contributed by atoms with Gasteiger partial charge in [-0.15, -0.1) is 0 Å². The lowest BCUT2D eigenvalue weighted by molar-refractivity contribution is -0.119. The highest BCUT2D eigenvalue weighted by Gasteiger charge is 2.21. The van der Waals surface area contributed by atoms with Crippen LogP contribution in [0.4, 0.5) is 11.4 Å². The van der Waals surface area contributed by atoms with Gasteiger partial charge in [0.15, 0.2) is 0 Å². The highest BCUT2D eigenvalue weighted by Crippen LogP contribution is 2.22. The summed E-state index contributed by atoms with van der Waals surface area (Å²) < 4.78 is 25.7. The molecule has 0 heterocycles. The fourth-order valence-electron chi connectivity index (χ4n) is 3.23. The molecular formula is C23H33N3O3S. The maximum absolute atomic E-state index is 12.5. The first-order valence-corrected chi connectivity index (χ1v) is 12.2. The molecule has 0 spiro atoms. The summed E-state index contributed by atoms with van der Waals surface area (Å²) in [5, 5.41) is 2.82. The van der Waals surface area contributed by atoms with Gasteiger partial charge in [-0.25, -0.2) is 8.42 Å². The Morgan fingerprint density at radius 3 is 1.93 bits per heavy atom. The van der Waals surface area contributed by atoms with Gasteiger partial charge in [-0.1, -0.05) is 38.1 Å². The van der Waals surface area contributed by atoms with Crippen molar-refractivity contribution in [3.63, 3.8) is 0 Å². The molecule has 0 bridgehead atoms. The molecule has 0 unspecified atom stereocenters. The number of carbonyl (C=O) groups excluding carboxylic acids is 1. The zero-order valence-electron chi connectivity index (χ0n) is 18.6. The molecule has 0 aliphatic carbocycles. The van der Waals surface area contributed by atoms with Crippen LogP contribution in [0.25, 0.3) is 0 Å². The minimum atomic E-state index is -3.58. The molecule has 2 aromatic carbocycles. The standard InChI is InChI=1S/C23H33N3O3S/c1-6-25(7-2)21-12-8-19(9-13-21)16-24-23(27)17-26(30(5,28)29)22-14-10-20(11-15-22)18(3)4/h8-15,18H,6-7,16-17H2,1-5H3,(H,24,27). The molecule has 2 rings (SSSR count). The first-order chi connectivity index (χ1) is 14.2. The summed E-state index contributed by atoms with van der Waals surface area (Å²) >= 11 is 0. The number of nitrogens with one attached hydrogen (secondary N) is 1. The van der Waals surface area contributed by atoms with E-state index in [1.807, 2.05) is 36.4 Å². The molecule has 0 fully saturated rings. The van der Waals surface area contributed by atoms with E-state index in [1.165, 1.54) is 0 Å². The molecule has 0 aromatic heterocycles. The van der Waals surface area contributed by atoms with E-state index < -0.39 is 10.0 Å². The molecule has 1 amide bonds. The molecular weight excluding hydrogens is 398 g/mol. The van der Waals surface area contributed by atoms with Gasteiger partial charge in [0, 0.05) is 25.3 Å². The normalized spacial score (nSPS) is 11.4. The Kier molecular flexibility index (Phi) is 8.29. The summed E-state index contributed by atoms with van der Waals surface area (Å²) in [5.74, 6) is 0.00309. The molecule has 0 saturated carbocycles. The summed E-state index contributed by atoms with van der Waals surface area (Å²) in [6, 6.07) is 15.3. The van der Waals surface area contributed by atoms with E-state index in [9.17, 15) is 13.2 Å². The number of rotatable bonds is 10. The largest absolute Gasteiger partial charge is 0.372 e. The lowest BCUT2D eigenvalue weighted by atomic mass is 10.0. The average Bonchev–Trinajstić information content (AvgIpc) is 2.71. The minimum Gasteiger partial charge on any atom is -0.372 e. The van der Waals surface area contributed by atoms with Gasteiger partial charge in [0.25, 0.3) is 0 Å². The van der Waals surface area contributed by atoms with E-state index in [-0.39, 0.29) is 12.5 Å². The van der Waals surface area contributed by atoms with Crippen LogP contribution >= 0.6 is 0 Å². The molecule has 7 heteroatoms. The van der Waals surface area contributed by atoms with Gasteiger partial charge in [0.1, 0.15) is 6.54 Å². The number of sulfonamides is 1. The zero-order valence-corrected chi connectivity index (χ0v) is 19.4. The number of hydrogen-bond acceptors (Lipinski definition) is 4. The van der Waals surface area contributed by atoms with Crippen molar-refractivity contribution in [1.29, 1.82) is 0 Å². The Balaban J connectivity index is 2.03. The van der Waals surface area contributed by atoms with Crippen LogP contribution in [0, 0.1) is 0 Å². The van der Waals surface area contributed by atoms with Crippen molar-refractivity contribution in [3.05, 3.63) is 59.7 Å². The van der Waals surface area contributed by atoms with Crippen LogP contribution in [0.2, 0.25) is 0 Å². The van der Waals surface area contributed by atoms with Crippen LogP contribution in [-0.2, 0) is 21.4 Å². The highest BCUT2D eigenvalue weighted by atomic mass is 32.2. The quantitative estimate of drug-likeness (QED) is 0.622. The summed E-state index contributed by atoms with van der Waals surface area (Å²) in [7, 11) is -3.58. The lowest BCUT2D eigenvalue weighted by Crippen LogP contribution is -2.40. The van der Waals surface area contributed by atoms with Crippen LogP contribution in [0.3, 0.4) is 0 Å². The number of benzene rings is 2. The van der Waals surface area contributed by atoms with E-state index in [0.29, 0.717) is 18.2 Å². The lowest BCUT2D eigenvalue weighted by Gasteiger charge is -2.23. The molecule has 6 nitrogen and oxygen atoms in total. The van der Waals surface area contributed by atoms with E-state index >= 15 is 0 Å². The fourth-order valence-corrected chi connectivity index (χ4v) is 4.08. The Labute approximate surface area is 180 Å². The van der Waals surface area contributed by atoms with Crippen LogP contribution < -0.4 is 14.5 Å². The topological polar surface area (TPSA) is 69.7 Å². The van der Waals surface area contributed by atoms with Crippen LogP contribution in [-0.4, -0.2) is 40.2 Å². The summed E-state index contributed by atoms with van der Waals surface area (Å²) in [6.07, 6.45) is 1.11. The third kappa shape index (κ3) is 6.49. The van der Waals surface area contributed by atoms with Gasteiger partial charge in [-0.2, -0.15) is 0 Å². The summed E-state index contributed by atoms with van der Waals surface area (Å²) in [4.78, 5) is 14.7. The number of hydrogen-bond donors (Lipinski definition) is 1. The Hall–Kier alpha value is -2.54. The second-order valence-electron chi connectivity index (χ2n) is 7.63. The van der Waals surface area contributed by atoms with Crippen molar-refractivity contribution < 1.29 is 13.2 Å². The van der Waals surface area contributed by atoms with E-state index in [0.717, 1.165) is 40.5 Å². The molecule has 0 radical (unpaired) electrons. The first-order valence-electron chi connectivity index (χ1n) is 10.3. The van der Waals surface area contributed by atoms with Crippen LogP contribution in [0.1, 0.15) is 44.7 Å². The molecule has 164 valence electrons. The highest BCUT2D eigenvalue weighted by molar-refractivity contribution is 7.92. The maximum atomic E-state index is 12.5. The third-order valence-electron chi connectivity index (χ3n) is 5.09. The Bertz CT molecular complexity index is 919. The van der Waals surface area contributed by atoms with Crippen molar-refractivity contribution in [2.45, 2.75) is 40.2 Å². The van der Waals surface area contributed by atoms with Gasteiger partial charge in [0.05, 0.1) is 11.9 Å². The number of carbonyl (C=O) groups is 1. The first kappa shape index (κ1) is 23.7. The van der Waals surface area contributed by atoms with Gasteiger partial charge >= 0.3 is 0 Å². The number of anilines is 2. The van der Waals surface area contributed by atoms with Crippen molar-refractivity contribution in [2.75, 3.05) is 35.1 Å². The molecule has 1 N–H and O–H groups in total. The van der Waals surface area contributed by atoms with E-state index in [2.05, 4.69) is 37.9 Å². The Morgan fingerprint density at radius 2 is 1.47 bits per heavy atom. The average molecular weight is 432 g/mol. The molecule has 0 aliphatic heterocycles. The van der Waals surface area contributed by atoms with Crippen molar-refractivity contribution in [1.82, 2.24) is 5.32 Å². The van der Waals surface area contributed by atoms with Crippen LogP contribution in [0.5, 0.6) is 0 Å². The fraction of sp³-hybridized carbons (Fsp3) is 0.435. The van der Waals surface area contributed by atoms with Gasteiger partial charge in [-0.3, -0.25) is 9.10 Å². The predicted molar refractivity (Wildman–Crippen MR) is 125 cm³/mol. The molecule has 0 saturated heterocycles. The third-order valence-corrected chi connectivity index (χ3v) is 6.23. The van der Waals surface area contributed by atoms with Crippen molar-refractivity contribution in [3.8, 4) is 0 Å². The summed E-state index contributed by atoms with van der Waals surface area (Å²) in [6.45, 7) is 10.3. The minimum absolute atomic E-state index is 0.253. The van der Waals surface area contributed by atoms with E-state index in [1.54, 1.807) is 12.1 Å². The van der Waals surface area contributed by atoms with Crippen molar-refractivity contribution in [2.24, 2.45) is 0 Å². The van der Waals surface area contributed by atoms with E-state index in [4.69, 9.17) is 0 Å². The number of amides is 1. The van der Waals surface area contributed by atoms with Crippen LogP contribution in [0.15, 0.2) is 48.5 Å². The predicted octanol–water partition coefficient (Wildman–Crippen LogP) is 3.74. The second-order valence-corrected chi connectivity index (χ2v) is 9.54. The Morgan fingerprint density at radius 1 is 0.933 bits per heavy atom. The molecule has 2 aromatic rings. The summed E-state index contributed by atoms with van der Waals surface area (Å²) in [5.41, 5.74) is 3.71. The monoisotopic (exact) mass is 431 g/mol. The van der Waals surface area contributed by atoms with Gasteiger partial charge in [-0.05, 0) is 55.2 Å². The van der Waals surface area contributed by atoms with Gasteiger partial charge < -0.3 is 10.2 Å². The second kappa shape index (κ2) is 10.5.